The Morgan fingerprint density at radius 3 is 2.46 bits per heavy atom. The van der Waals surface area contributed by atoms with Gasteiger partial charge in [-0.2, -0.15) is 22.0 Å². The highest BCUT2D eigenvalue weighted by Gasteiger charge is 2.46. The molecule has 1 aliphatic heterocycles. The number of ether oxygens (including phenoxy) is 1. The van der Waals surface area contributed by atoms with Gasteiger partial charge in [0.2, 0.25) is 15.7 Å². The summed E-state index contributed by atoms with van der Waals surface area (Å²) in [5.41, 5.74) is -3.53. The van der Waals surface area contributed by atoms with Gasteiger partial charge in [0.15, 0.2) is 5.04 Å². The Morgan fingerprint density at radius 2 is 2.00 bits per heavy atom. The molecule has 0 amide bonds. The normalized spacial score (nSPS) is 22.3. The van der Waals surface area contributed by atoms with E-state index >= 15 is 0 Å². The second kappa shape index (κ2) is 6.67. The van der Waals surface area contributed by atoms with Crippen LogP contribution in [0.5, 0.6) is 5.88 Å². The zero-order valence-electron chi connectivity index (χ0n) is 13.9. The van der Waals surface area contributed by atoms with E-state index in [2.05, 4.69) is 15.0 Å². The maximum Gasteiger partial charge on any atom is 0.433 e. The predicted molar refractivity (Wildman–Crippen MR) is 79.4 cm³/mol. The Kier molecular flexibility index (Phi) is 5.23. The van der Waals surface area contributed by atoms with E-state index in [-0.39, 0.29) is 6.42 Å². The Hall–Kier alpha value is -1.92. The minimum Gasteiger partial charge on any atom is -0.415 e. The topological polar surface area (TPSA) is 93.6 Å². The summed E-state index contributed by atoms with van der Waals surface area (Å²) in [6, 6.07) is 0. The number of aromatic nitrogens is 2. The Morgan fingerprint density at radius 1 is 1.38 bits per heavy atom. The van der Waals surface area contributed by atoms with E-state index in [1.807, 2.05) is 0 Å². The van der Waals surface area contributed by atoms with E-state index in [4.69, 9.17) is 4.84 Å². The highest BCUT2D eigenvalue weighted by molar-refractivity contribution is 8.06. The van der Waals surface area contributed by atoms with Crippen molar-refractivity contribution in [2.75, 3.05) is 0 Å². The van der Waals surface area contributed by atoms with Crippen LogP contribution in [-0.2, 0) is 20.9 Å². The molecule has 1 aromatic heterocycles. The molecule has 2 heterocycles. The van der Waals surface area contributed by atoms with E-state index in [1.165, 1.54) is 5.10 Å². The fourth-order valence-corrected chi connectivity index (χ4v) is 3.93. The van der Waals surface area contributed by atoms with Gasteiger partial charge in [-0.1, -0.05) is 12.1 Å². The van der Waals surface area contributed by atoms with Gasteiger partial charge in [0.05, 0.1) is 10.8 Å². The fraction of sp³-hybridized carbons (Fsp3) is 0.692. The fourth-order valence-electron chi connectivity index (χ4n) is 2.35. The maximum absolute atomic E-state index is 13.1. The van der Waals surface area contributed by atoms with Crippen LogP contribution in [0.15, 0.2) is 5.16 Å². The lowest BCUT2D eigenvalue weighted by atomic mass is 10.0. The molecule has 2 atom stereocenters. The van der Waals surface area contributed by atoms with Crippen LogP contribution >= 0.6 is 0 Å². The smallest absolute Gasteiger partial charge is 0.415 e. The largest absolute Gasteiger partial charge is 0.433 e. The van der Waals surface area contributed by atoms with Gasteiger partial charge in [-0.05, 0) is 20.3 Å². The minimum atomic E-state index is -5.05. The SMILES string of the molecule is CCC1(C)CC(S(=O)(=O)C(C)c2c(OC(F)F)n[nH]c2C(F)(F)F)=NO1. The summed E-state index contributed by atoms with van der Waals surface area (Å²) in [6.07, 6.45) is -4.80. The summed E-state index contributed by atoms with van der Waals surface area (Å²) in [5, 5.41) is 5.68. The van der Waals surface area contributed by atoms with Gasteiger partial charge in [0, 0.05) is 6.42 Å². The van der Waals surface area contributed by atoms with Crippen molar-refractivity contribution in [2.45, 2.75) is 57.3 Å². The molecule has 1 aliphatic rings. The zero-order chi connectivity index (χ0) is 19.9. The van der Waals surface area contributed by atoms with Crippen LogP contribution in [0.2, 0.25) is 0 Å². The molecule has 13 heteroatoms. The number of hydrogen-bond donors (Lipinski definition) is 1. The molecule has 0 saturated carbocycles. The van der Waals surface area contributed by atoms with Crippen molar-refractivity contribution in [3.63, 3.8) is 0 Å². The molecule has 148 valence electrons. The molecule has 0 aromatic carbocycles. The molecule has 0 aliphatic carbocycles. The first-order valence-electron chi connectivity index (χ1n) is 7.41. The molecular weight excluding hydrogens is 389 g/mol. The average Bonchev–Trinajstić information content (AvgIpc) is 3.10. The van der Waals surface area contributed by atoms with Gasteiger partial charge in [-0.15, -0.1) is 5.10 Å². The van der Waals surface area contributed by atoms with Gasteiger partial charge in [-0.3, -0.25) is 5.10 Å². The van der Waals surface area contributed by atoms with Gasteiger partial charge in [0.1, 0.15) is 11.3 Å². The first-order valence-corrected chi connectivity index (χ1v) is 8.95. The number of H-pyrrole nitrogens is 1. The minimum absolute atomic E-state index is 0.152. The second-order valence-corrected chi connectivity index (χ2v) is 8.21. The third kappa shape index (κ3) is 3.76. The third-order valence-corrected chi connectivity index (χ3v) is 6.14. The lowest BCUT2D eigenvalue weighted by molar-refractivity contribution is -0.141. The Bertz CT molecular complexity index is 805. The second-order valence-electron chi connectivity index (χ2n) is 5.94. The van der Waals surface area contributed by atoms with Crippen LogP contribution in [0.4, 0.5) is 22.0 Å². The number of halogens is 5. The number of nitrogens with zero attached hydrogens (tertiary/aromatic N) is 2. The van der Waals surface area contributed by atoms with Crippen molar-refractivity contribution in [1.82, 2.24) is 10.2 Å². The zero-order valence-corrected chi connectivity index (χ0v) is 14.7. The molecule has 1 N–H and O–H groups in total. The highest BCUT2D eigenvalue weighted by Crippen LogP contribution is 2.42. The van der Waals surface area contributed by atoms with Crippen LogP contribution in [0.3, 0.4) is 0 Å². The molecule has 0 bridgehead atoms. The molecule has 0 radical (unpaired) electrons. The van der Waals surface area contributed by atoms with Gasteiger partial charge in [0.25, 0.3) is 0 Å². The van der Waals surface area contributed by atoms with Gasteiger partial charge in [-0.25, -0.2) is 8.42 Å². The number of nitrogens with one attached hydrogen (secondary N) is 1. The summed E-state index contributed by atoms with van der Waals surface area (Å²) in [4.78, 5) is 5.06. The van der Waals surface area contributed by atoms with E-state index < -0.39 is 55.7 Å². The maximum atomic E-state index is 13.1. The lowest BCUT2D eigenvalue weighted by Gasteiger charge is -2.19. The van der Waals surface area contributed by atoms with Crippen LogP contribution in [-0.4, -0.2) is 35.9 Å². The monoisotopic (exact) mass is 405 g/mol. The number of aromatic amines is 1. The van der Waals surface area contributed by atoms with E-state index in [9.17, 15) is 30.4 Å². The van der Waals surface area contributed by atoms with Crippen molar-refractivity contribution in [1.29, 1.82) is 0 Å². The highest BCUT2D eigenvalue weighted by atomic mass is 32.2. The first-order chi connectivity index (χ1) is 11.8. The molecule has 1 aromatic rings. The van der Waals surface area contributed by atoms with Crippen LogP contribution in [0.25, 0.3) is 0 Å². The average molecular weight is 405 g/mol. The molecule has 7 nitrogen and oxygen atoms in total. The number of hydrogen-bond acceptors (Lipinski definition) is 6. The summed E-state index contributed by atoms with van der Waals surface area (Å²) >= 11 is 0. The van der Waals surface area contributed by atoms with E-state index in [1.54, 1.807) is 13.8 Å². The van der Waals surface area contributed by atoms with E-state index in [0.717, 1.165) is 6.92 Å². The molecule has 2 rings (SSSR count). The molecule has 0 spiro atoms. The van der Waals surface area contributed by atoms with E-state index in [0.29, 0.717) is 6.42 Å². The lowest BCUT2D eigenvalue weighted by Crippen LogP contribution is -2.28. The van der Waals surface area contributed by atoms with Crippen molar-refractivity contribution >= 4 is 14.9 Å². The van der Waals surface area contributed by atoms with Crippen LogP contribution < -0.4 is 4.74 Å². The number of oxime groups is 1. The van der Waals surface area contributed by atoms with Crippen molar-refractivity contribution in [3.8, 4) is 5.88 Å². The Labute approximate surface area is 145 Å². The van der Waals surface area contributed by atoms with Gasteiger partial charge < -0.3 is 9.57 Å². The molecular formula is C13H16F5N3O4S. The predicted octanol–water partition coefficient (Wildman–Crippen LogP) is 3.41. The number of sulfone groups is 1. The Balaban J connectivity index is 2.48. The summed E-state index contributed by atoms with van der Waals surface area (Å²) in [5.74, 6) is -1.14. The first kappa shape index (κ1) is 20.4. The standard InChI is InChI=1S/C13H16F5N3O4S/c1-4-12(3)5-7(21-25-12)26(22,23)6(2)8-9(13(16,17)18)19-20-10(8)24-11(14)15/h6,11H,4-5H2,1-3H3,(H,19,20). The summed E-state index contributed by atoms with van der Waals surface area (Å²) < 4.78 is 93.7. The number of rotatable bonds is 5. The molecule has 0 fully saturated rings. The van der Waals surface area contributed by atoms with Crippen molar-refractivity contribution in [2.24, 2.45) is 5.16 Å². The van der Waals surface area contributed by atoms with Crippen LogP contribution in [0.1, 0.15) is 50.1 Å². The quantitative estimate of drug-likeness (QED) is 0.758. The van der Waals surface area contributed by atoms with Gasteiger partial charge >= 0.3 is 12.8 Å². The molecule has 0 saturated heterocycles. The summed E-state index contributed by atoms with van der Waals surface area (Å²) in [6.45, 7) is 0.746. The van der Waals surface area contributed by atoms with Crippen LogP contribution in [0, 0.1) is 0 Å². The number of alkyl halides is 5. The van der Waals surface area contributed by atoms with Crippen molar-refractivity contribution in [3.05, 3.63) is 11.3 Å². The summed E-state index contributed by atoms with van der Waals surface area (Å²) in [7, 11) is -4.44. The van der Waals surface area contributed by atoms with Crippen molar-refractivity contribution < 1.29 is 39.9 Å². The third-order valence-electron chi connectivity index (χ3n) is 4.09. The molecule has 26 heavy (non-hydrogen) atoms. The molecule has 2 unspecified atom stereocenters.